The van der Waals surface area contributed by atoms with Crippen molar-refractivity contribution in [3.63, 3.8) is 0 Å². The van der Waals surface area contributed by atoms with Crippen LogP contribution in [0.3, 0.4) is 0 Å². The quantitative estimate of drug-likeness (QED) is 0.488. The lowest BCUT2D eigenvalue weighted by Gasteiger charge is -2.21. The Morgan fingerprint density at radius 2 is 1.54 bits per heavy atom. The van der Waals surface area contributed by atoms with Crippen LogP contribution in [0.5, 0.6) is 0 Å². The van der Waals surface area contributed by atoms with Gasteiger partial charge in [0.05, 0.1) is 6.42 Å². The zero-order valence-electron chi connectivity index (χ0n) is 18.7. The summed E-state index contributed by atoms with van der Waals surface area (Å²) in [5.74, 6) is -2.82. The molecule has 3 N–H and O–H groups in total. The highest BCUT2D eigenvalue weighted by molar-refractivity contribution is 5.84. The number of fused-ring (bicyclic) bond motifs is 3. The fourth-order valence-electron chi connectivity index (χ4n) is 4.51. The Morgan fingerprint density at radius 1 is 0.971 bits per heavy atom. The van der Waals surface area contributed by atoms with Crippen LogP contribution in [0, 0.1) is 5.92 Å². The maximum atomic E-state index is 12.6. The maximum Gasteiger partial charge on any atom is 0.407 e. The van der Waals surface area contributed by atoms with Crippen LogP contribution in [0.4, 0.5) is 18.0 Å². The van der Waals surface area contributed by atoms with Gasteiger partial charge in [0.1, 0.15) is 12.6 Å². The van der Waals surface area contributed by atoms with Crippen LogP contribution in [-0.4, -0.2) is 47.9 Å². The summed E-state index contributed by atoms with van der Waals surface area (Å²) in [4.78, 5) is 35.9. The predicted molar refractivity (Wildman–Crippen MR) is 120 cm³/mol. The van der Waals surface area contributed by atoms with E-state index in [1.54, 1.807) is 0 Å². The zero-order valence-corrected chi connectivity index (χ0v) is 18.7. The second-order valence-electron chi connectivity index (χ2n) is 8.90. The molecule has 0 spiro atoms. The summed E-state index contributed by atoms with van der Waals surface area (Å²) in [5, 5.41) is 13.5. The van der Waals surface area contributed by atoms with E-state index in [4.69, 9.17) is 9.84 Å². The van der Waals surface area contributed by atoms with Crippen LogP contribution in [-0.2, 0) is 14.3 Å². The van der Waals surface area contributed by atoms with E-state index >= 15 is 0 Å². The number of alkyl carbamates (subject to hydrolysis) is 1. The van der Waals surface area contributed by atoms with Crippen molar-refractivity contribution in [3.05, 3.63) is 59.7 Å². The van der Waals surface area contributed by atoms with Gasteiger partial charge in [-0.1, -0.05) is 48.5 Å². The van der Waals surface area contributed by atoms with Crippen LogP contribution < -0.4 is 10.6 Å². The van der Waals surface area contributed by atoms with Gasteiger partial charge in [-0.3, -0.25) is 4.79 Å². The number of carbonyl (C=O) groups is 3. The van der Waals surface area contributed by atoms with E-state index in [9.17, 15) is 27.6 Å². The van der Waals surface area contributed by atoms with Crippen molar-refractivity contribution in [1.29, 1.82) is 0 Å². The molecule has 0 bridgehead atoms. The summed E-state index contributed by atoms with van der Waals surface area (Å²) in [6.07, 6.45) is -6.01. The maximum absolute atomic E-state index is 12.6. The van der Waals surface area contributed by atoms with Crippen molar-refractivity contribution in [1.82, 2.24) is 10.6 Å². The average molecular weight is 490 g/mol. The molecule has 2 aromatic carbocycles. The molecule has 4 rings (SSSR count). The standard InChI is InChI=1S/C25H25F3N2O5/c26-25(27,28)12-21(23(32)33)29-22(31)11-20(14-9-10-14)30-24(34)35-13-19-17-7-3-1-5-15(17)16-6-2-4-8-18(16)19/h1-8,14,19-21H,9-13H2,(H,29,31)(H,30,34)(H,32,33). The van der Waals surface area contributed by atoms with Crippen molar-refractivity contribution in [2.75, 3.05) is 6.61 Å². The second kappa shape index (κ2) is 9.97. The first-order valence-corrected chi connectivity index (χ1v) is 11.3. The van der Waals surface area contributed by atoms with Gasteiger partial charge in [-0.15, -0.1) is 0 Å². The molecule has 0 aliphatic heterocycles. The highest BCUT2D eigenvalue weighted by Gasteiger charge is 2.38. The van der Waals surface area contributed by atoms with E-state index in [0.29, 0.717) is 0 Å². The Hall–Kier alpha value is -3.56. The van der Waals surface area contributed by atoms with Crippen LogP contribution in [0.2, 0.25) is 0 Å². The molecule has 0 saturated heterocycles. The van der Waals surface area contributed by atoms with Gasteiger partial charge in [-0.05, 0) is 41.0 Å². The number of hydrogen-bond donors (Lipinski definition) is 3. The molecular formula is C25H25F3N2O5. The summed E-state index contributed by atoms with van der Waals surface area (Å²) >= 11 is 0. The summed E-state index contributed by atoms with van der Waals surface area (Å²) in [5.41, 5.74) is 4.25. The lowest BCUT2D eigenvalue weighted by Crippen LogP contribution is -2.47. The SMILES string of the molecule is O=C(CC(NC(=O)OCC1c2ccccc2-c2ccccc21)C1CC1)NC(CC(F)(F)F)C(=O)O. The fourth-order valence-corrected chi connectivity index (χ4v) is 4.51. The molecule has 10 heteroatoms. The number of halogens is 3. The zero-order chi connectivity index (χ0) is 25.2. The normalized spacial score (nSPS) is 16.5. The second-order valence-corrected chi connectivity index (χ2v) is 8.90. The van der Waals surface area contributed by atoms with Gasteiger partial charge in [-0.25, -0.2) is 9.59 Å². The van der Waals surface area contributed by atoms with E-state index in [0.717, 1.165) is 35.1 Å². The number of amides is 2. The van der Waals surface area contributed by atoms with Crippen molar-refractivity contribution >= 4 is 18.0 Å². The Morgan fingerprint density at radius 3 is 2.06 bits per heavy atom. The molecule has 7 nitrogen and oxygen atoms in total. The molecule has 1 saturated carbocycles. The van der Waals surface area contributed by atoms with Gasteiger partial charge < -0.3 is 20.5 Å². The average Bonchev–Trinajstić information content (AvgIpc) is 3.59. The molecule has 0 radical (unpaired) electrons. The number of benzene rings is 2. The van der Waals surface area contributed by atoms with E-state index in [1.165, 1.54) is 0 Å². The van der Waals surface area contributed by atoms with Gasteiger partial charge in [-0.2, -0.15) is 13.2 Å². The third-order valence-electron chi connectivity index (χ3n) is 6.31. The fraction of sp³-hybridized carbons (Fsp3) is 0.400. The highest BCUT2D eigenvalue weighted by Crippen LogP contribution is 2.44. The third-order valence-corrected chi connectivity index (χ3v) is 6.31. The first kappa shape index (κ1) is 24.6. The minimum atomic E-state index is -4.74. The number of hydrogen-bond acceptors (Lipinski definition) is 4. The van der Waals surface area contributed by atoms with Crippen LogP contribution >= 0.6 is 0 Å². The first-order chi connectivity index (χ1) is 16.6. The van der Waals surface area contributed by atoms with Crippen molar-refractivity contribution in [2.45, 2.75) is 49.9 Å². The van der Waals surface area contributed by atoms with E-state index in [-0.39, 0.29) is 24.9 Å². The number of carboxylic acid groups (broad SMARTS) is 1. The lowest BCUT2D eigenvalue weighted by atomic mass is 9.98. The van der Waals surface area contributed by atoms with Gasteiger partial charge in [0.25, 0.3) is 0 Å². The number of ether oxygens (including phenoxy) is 1. The van der Waals surface area contributed by atoms with Gasteiger partial charge in [0, 0.05) is 18.4 Å². The molecule has 2 aliphatic rings. The molecule has 0 aromatic heterocycles. The molecule has 2 amide bonds. The molecule has 186 valence electrons. The third kappa shape index (κ3) is 6.12. The Bertz CT molecular complexity index is 1070. The molecule has 2 unspecified atom stereocenters. The molecular weight excluding hydrogens is 465 g/mol. The minimum absolute atomic E-state index is 0.0212. The Balaban J connectivity index is 1.35. The topological polar surface area (TPSA) is 105 Å². The van der Waals surface area contributed by atoms with E-state index in [2.05, 4.69) is 5.32 Å². The molecule has 35 heavy (non-hydrogen) atoms. The lowest BCUT2D eigenvalue weighted by molar-refractivity contribution is -0.160. The molecule has 0 heterocycles. The number of rotatable bonds is 9. The monoisotopic (exact) mass is 490 g/mol. The van der Waals surface area contributed by atoms with Crippen molar-refractivity contribution in [3.8, 4) is 11.1 Å². The van der Waals surface area contributed by atoms with Gasteiger partial charge >= 0.3 is 18.2 Å². The van der Waals surface area contributed by atoms with E-state index in [1.807, 2.05) is 53.8 Å². The number of carbonyl (C=O) groups excluding carboxylic acids is 2. The Labute approximate surface area is 199 Å². The number of nitrogens with one attached hydrogen (secondary N) is 2. The van der Waals surface area contributed by atoms with Gasteiger partial charge in [0.2, 0.25) is 5.91 Å². The van der Waals surface area contributed by atoms with Crippen LogP contribution in [0.25, 0.3) is 11.1 Å². The predicted octanol–water partition coefficient (Wildman–Crippen LogP) is 4.22. The summed E-state index contributed by atoms with van der Waals surface area (Å²) in [6.45, 7) is 0.0795. The minimum Gasteiger partial charge on any atom is -0.480 e. The van der Waals surface area contributed by atoms with Gasteiger partial charge in [0.15, 0.2) is 0 Å². The first-order valence-electron chi connectivity index (χ1n) is 11.3. The van der Waals surface area contributed by atoms with Crippen molar-refractivity contribution < 1.29 is 37.4 Å². The number of aliphatic carboxylic acids is 1. The summed E-state index contributed by atoms with van der Waals surface area (Å²) < 4.78 is 43.3. The van der Waals surface area contributed by atoms with Crippen LogP contribution in [0.1, 0.15) is 42.7 Å². The van der Waals surface area contributed by atoms with Crippen molar-refractivity contribution in [2.24, 2.45) is 5.92 Å². The van der Waals surface area contributed by atoms with Crippen LogP contribution in [0.15, 0.2) is 48.5 Å². The molecule has 2 aliphatic carbocycles. The Kier molecular flexibility index (Phi) is 7.00. The summed E-state index contributed by atoms with van der Waals surface area (Å²) in [7, 11) is 0. The highest BCUT2D eigenvalue weighted by atomic mass is 19.4. The molecule has 2 aromatic rings. The van der Waals surface area contributed by atoms with E-state index < -0.39 is 42.7 Å². The number of alkyl halides is 3. The molecule has 2 atom stereocenters. The molecule has 1 fully saturated rings. The smallest absolute Gasteiger partial charge is 0.407 e. The number of carboxylic acids is 1. The summed E-state index contributed by atoms with van der Waals surface area (Å²) in [6, 6.07) is 13.0. The largest absolute Gasteiger partial charge is 0.480 e.